The monoisotopic (exact) mass is 386 g/mol. The minimum absolute atomic E-state index is 0.00831. The SMILES string of the molecule is CC(C)C[C@@](C)(COc1ccc(-c2ccnc3[nH]ncc23)cc1F)OC(N)=O. The third kappa shape index (κ3) is 4.39. The van der Waals surface area contributed by atoms with E-state index in [4.69, 9.17) is 15.2 Å². The molecule has 8 heteroatoms. The van der Waals surface area contributed by atoms with Gasteiger partial charge in [-0.3, -0.25) is 5.10 Å². The largest absolute Gasteiger partial charge is 0.486 e. The highest BCUT2D eigenvalue weighted by molar-refractivity contribution is 5.92. The molecule has 0 fully saturated rings. The van der Waals surface area contributed by atoms with E-state index in [2.05, 4.69) is 15.2 Å². The molecule has 7 nitrogen and oxygen atoms in total. The zero-order valence-electron chi connectivity index (χ0n) is 16.0. The third-order valence-corrected chi connectivity index (χ3v) is 4.32. The summed E-state index contributed by atoms with van der Waals surface area (Å²) in [5.41, 5.74) is 6.34. The van der Waals surface area contributed by atoms with Crippen LogP contribution in [0.5, 0.6) is 5.75 Å². The fourth-order valence-electron chi connectivity index (χ4n) is 3.36. The summed E-state index contributed by atoms with van der Waals surface area (Å²) in [5, 5.41) is 7.57. The Balaban J connectivity index is 1.81. The van der Waals surface area contributed by atoms with Crippen LogP contribution in [0.1, 0.15) is 27.2 Å². The Labute approximate surface area is 162 Å². The number of carbonyl (C=O) groups excluding carboxylic acids is 1. The van der Waals surface area contributed by atoms with Crippen LogP contribution in [0.25, 0.3) is 22.2 Å². The maximum Gasteiger partial charge on any atom is 0.405 e. The highest BCUT2D eigenvalue weighted by Crippen LogP contribution is 2.31. The molecule has 0 aliphatic heterocycles. The number of fused-ring (bicyclic) bond motifs is 1. The second kappa shape index (κ2) is 7.84. The number of ether oxygens (including phenoxy) is 2. The van der Waals surface area contributed by atoms with E-state index in [1.54, 1.807) is 37.5 Å². The number of nitrogens with two attached hydrogens (primary N) is 1. The Hall–Kier alpha value is -3.16. The average Bonchev–Trinajstić information content (AvgIpc) is 3.08. The zero-order valence-corrected chi connectivity index (χ0v) is 16.0. The number of halogens is 1. The van der Waals surface area contributed by atoms with E-state index in [1.807, 2.05) is 13.8 Å². The second-order valence-electron chi connectivity index (χ2n) is 7.39. The lowest BCUT2D eigenvalue weighted by atomic mass is 9.95. The molecule has 0 bridgehead atoms. The summed E-state index contributed by atoms with van der Waals surface area (Å²) < 4.78 is 25.5. The summed E-state index contributed by atoms with van der Waals surface area (Å²) in [7, 11) is 0. The molecule has 0 spiro atoms. The van der Waals surface area contributed by atoms with Crippen LogP contribution in [0.4, 0.5) is 9.18 Å². The first kappa shape index (κ1) is 19.6. The first-order valence-corrected chi connectivity index (χ1v) is 8.97. The van der Waals surface area contributed by atoms with Crippen molar-refractivity contribution >= 4 is 17.1 Å². The number of hydrogen-bond acceptors (Lipinski definition) is 5. The first-order valence-electron chi connectivity index (χ1n) is 8.97. The van der Waals surface area contributed by atoms with Crippen molar-refractivity contribution in [2.45, 2.75) is 32.8 Å². The summed E-state index contributed by atoms with van der Waals surface area (Å²) in [6.45, 7) is 5.69. The van der Waals surface area contributed by atoms with Crippen molar-refractivity contribution in [2.24, 2.45) is 11.7 Å². The Bertz CT molecular complexity index is 988. The van der Waals surface area contributed by atoms with Crippen LogP contribution in [0, 0.1) is 11.7 Å². The van der Waals surface area contributed by atoms with Gasteiger partial charge in [-0.25, -0.2) is 14.2 Å². The summed E-state index contributed by atoms with van der Waals surface area (Å²) in [4.78, 5) is 15.4. The van der Waals surface area contributed by atoms with Gasteiger partial charge < -0.3 is 15.2 Å². The molecule has 0 aliphatic carbocycles. The number of benzene rings is 1. The average molecular weight is 386 g/mol. The van der Waals surface area contributed by atoms with Crippen molar-refractivity contribution in [1.29, 1.82) is 0 Å². The molecule has 3 rings (SSSR count). The number of aromatic nitrogens is 3. The van der Waals surface area contributed by atoms with E-state index in [-0.39, 0.29) is 18.3 Å². The molecule has 0 radical (unpaired) electrons. The van der Waals surface area contributed by atoms with Gasteiger partial charge >= 0.3 is 6.09 Å². The molecule has 1 aromatic carbocycles. The fraction of sp³-hybridized carbons (Fsp3) is 0.350. The van der Waals surface area contributed by atoms with Crippen LogP contribution in [-0.2, 0) is 4.74 Å². The third-order valence-electron chi connectivity index (χ3n) is 4.32. The summed E-state index contributed by atoms with van der Waals surface area (Å²) in [5.74, 6) is -0.203. The van der Waals surface area contributed by atoms with Crippen molar-refractivity contribution in [3.63, 3.8) is 0 Å². The van der Waals surface area contributed by atoms with Gasteiger partial charge in [0.1, 0.15) is 12.2 Å². The van der Waals surface area contributed by atoms with Crippen molar-refractivity contribution in [1.82, 2.24) is 15.2 Å². The van der Waals surface area contributed by atoms with Crippen molar-refractivity contribution < 1.29 is 18.7 Å². The van der Waals surface area contributed by atoms with E-state index >= 15 is 0 Å². The van der Waals surface area contributed by atoms with Crippen molar-refractivity contribution in [2.75, 3.05) is 6.61 Å². The Morgan fingerprint density at radius 1 is 1.36 bits per heavy atom. The molecule has 0 unspecified atom stereocenters. The van der Waals surface area contributed by atoms with Crippen LogP contribution >= 0.6 is 0 Å². The van der Waals surface area contributed by atoms with Gasteiger partial charge in [0, 0.05) is 11.6 Å². The highest BCUT2D eigenvalue weighted by atomic mass is 19.1. The molecule has 0 saturated heterocycles. The molecule has 2 heterocycles. The minimum atomic E-state index is -0.945. The van der Waals surface area contributed by atoms with E-state index in [9.17, 15) is 9.18 Å². The minimum Gasteiger partial charge on any atom is -0.486 e. The molecular weight excluding hydrogens is 363 g/mol. The van der Waals surface area contributed by atoms with E-state index in [0.717, 1.165) is 10.9 Å². The van der Waals surface area contributed by atoms with Gasteiger partial charge in [-0.15, -0.1) is 0 Å². The predicted molar refractivity (Wildman–Crippen MR) is 103 cm³/mol. The van der Waals surface area contributed by atoms with Crippen LogP contribution in [0.3, 0.4) is 0 Å². The molecule has 3 N–H and O–H groups in total. The maximum absolute atomic E-state index is 14.7. The first-order chi connectivity index (χ1) is 13.3. The Morgan fingerprint density at radius 3 is 2.82 bits per heavy atom. The molecule has 148 valence electrons. The maximum atomic E-state index is 14.7. The van der Waals surface area contributed by atoms with Crippen LogP contribution in [-0.4, -0.2) is 33.5 Å². The van der Waals surface area contributed by atoms with Crippen LogP contribution in [0.15, 0.2) is 36.7 Å². The molecule has 2 aromatic heterocycles. The number of amides is 1. The Kier molecular flexibility index (Phi) is 5.48. The lowest BCUT2D eigenvalue weighted by Crippen LogP contribution is -2.41. The van der Waals surface area contributed by atoms with E-state index in [0.29, 0.717) is 17.6 Å². The zero-order chi connectivity index (χ0) is 20.3. The van der Waals surface area contributed by atoms with Gasteiger partial charge in [0.25, 0.3) is 0 Å². The van der Waals surface area contributed by atoms with Gasteiger partial charge in [0.2, 0.25) is 0 Å². The number of nitrogens with one attached hydrogen (secondary N) is 1. The molecule has 1 atom stereocenters. The molecular formula is C20H23FN4O3. The predicted octanol–water partition coefficient (Wildman–Crippen LogP) is 4.04. The normalized spacial score (nSPS) is 13.5. The van der Waals surface area contributed by atoms with Crippen LogP contribution < -0.4 is 10.5 Å². The summed E-state index contributed by atoms with van der Waals surface area (Å²) in [6.07, 6.45) is 2.93. The Morgan fingerprint density at radius 2 is 2.14 bits per heavy atom. The number of pyridine rings is 1. The van der Waals surface area contributed by atoms with E-state index in [1.165, 1.54) is 6.07 Å². The number of H-pyrrole nitrogens is 1. The fourth-order valence-corrected chi connectivity index (χ4v) is 3.36. The number of rotatable bonds is 7. The van der Waals surface area contributed by atoms with Gasteiger partial charge in [0.15, 0.2) is 17.2 Å². The smallest absolute Gasteiger partial charge is 0.405 e. The molecule has 1 amide bonds. The topological polar surface area (TPSA) is 103 Å². The standard InChI is InChI=1S/C20H23FN4O3/c1-12(2)9-20(3,28-19(22)26)11-27-17-5-4-13(8-16(17)21)14-6-7-23-18-15(14)10-24-25-18/h4-8,10,12H,9,11H2,1-3H3,(H2,22,26)(H,23,24,25)/t20-/m0/s1. The number of aromatic amines is 1. The van der Waals surface area contributed by atoms with Crippen molar-refractivity contribution in [3.8, 4) is 16.9 Å². The molecule has 0 aliphatic rings. The van der Waals surface area contributed by atoms with Gasteiger partial charge in [0.05, 0.1) is 6.20 Å². The number of nitrogens with zero attached hydrogens (tertiary/aromatic N) is 2. The lowest BCUT2D eigenvalue weighted by Gasteiger charge is -2.30. The van der Waals surface area contributed by atoms with Gasteiger partial charge in [-0.1, -0.05) is 19.9 Å². The summed E-state index contributed by atoms with van der Waals surface area (Å²) >= 11 is 0. The molecule has 28 heavy (non-hydrogen) atoms. The molecule has 3 aromatic rings. The number of primary amides is 1. The highest BCUT2D eigenvalue weighted by Gasteiger charge is 2.31. The van der Waals surface area contributed by atoms with Crippen LogP contribution in [0.2, 0.25) is 0 Å². The number of carbonyl (C=O) groups is 1. The van der Waals surface area contributed by atoms with Crippen molar-refractivity contribution in [3.05, 3.63) is 42.5 Å². The lowest BCUT2D eigenvalue weighted by molar-refractivity contribution is -0.0193. The van der Waals surface area contributed by atoms with Gasteiger partial charge in [-0.05, 0) is 48.6 Å². The number of hydrogen-bond donors (Lipinski definition) is 2. The summed E-state index contributed by atoms with van der Waals surface area (Å²) in [6, 6.07) is 6.51. The second-order valence-corrected chi connectivity index (χ2v) is 7.39. The van der Waals surface area contributed by atoms with E-state index < -0.39 is 17.5 Å². The molecule has 0 saturated carbocycles. The quantitative estimate of drug-likeness (QED) is 0.638. The van der Waals surface area contributed by atoms with Gasteiger partial charge in [-0.2, -0.15) is 5.10 Å².